The van der Waals surface area contributed by atoms with E-state index in [0.717, 1.165) is 29.2 Å². The third kappa shape index (κ3) is 3.82. The molecule has 1 fully saturated rings. The molecular weight excluding hydrogens is 390 g/mol. The molecule has 0 saturated carbocycles. The zero-order valence-corrected chi connectivity index (χ0v) is 16.4. The van der Waals surface area contributed by atoms with Crippen molar-refractivity contribution in [3.05, 3.63) is 47.1 Å². The Labute approximate surface area is 170 Å². The second kappa shape index (κ2) is 7.82. The number of fused-ring (bicyclic) bond motifs is 1. The number of thiophene rings is 1. The van der Waals surface area contributed by atoms with E-state index in [1.807, 2.05) is 35.8 Å². The minimum absolute atomic E-state index is 0.180. The van der Waals surface area contributed by atoms with Crippen LogP contribution < -0.4 is 5.73 Å². The summed E-state index contributed by atoms with van der Waals surface area (Å²) in [5.74, 6) is 0.195. The largest absolute Gasteiger partial charge is 0.379 e. The lowest BCUT2D eigenvalue weighted by molar-refractivity contribution is 0.0316. The number of nitrogen functional groups attached to an aromatic ring is 1. The van der Waals surface area contributed by atoms with Gasteiger partial charge in [-0.3, -0.25) is 4.98 Å². The molecule has 148 valence electrons. The van der Waals surface area contributed by atoms with Gasteiger partial charge in [-0.1, -0.05) is 17.3 Å². The second-order valence-corrected chi connectivity index (χ2v) is 7.73. The summed E-state index contributed by atoms with van der Waals surface area (Å²) in [7, 11) is 0. The van der Waals surface area contributed by atoms with Crippen LogP contribution in [-0.2, 0) is 22.6 Å². The van der Waals surface area contributed by atoms with E-state index < -0.39 is 0 Å². The Morgan fingerprint density at radius 1 is 1.28 bits per heavy atom. The third-order valence-corrected chi connectivity index (χ3v) is 5.58. The fraction of sp³-hybridized carbons (Fsp3) is 0.316. The predicted octanol–water partition coefficient (Wildman–Crippen LogP) is 2.28. The Morgan fingerprint density at radius 2 is 2.24 bits per heavy atom. The summed E-state index contributed by atoms with van der Waals surface area (Å²) in [6, 6.07) is 7.91. The van der Waals surface area contributed by atoms with Gasteiger partial charge in [-0.2, -0.15) is 4.98 Å². The molecule has 2 N–H and O–H groups in total. The molecule has 0 spiro atoms. The van der Waals surface area contributed by atoms with Crippen LogP contribution in [0, 0.1) is 0 Å². The van der Waals surface area contributed by atoms with Crippen molar-refractivity contribution in [2.24, 2.45) is 0 Å². The van der Waals surface area contributed by atoms with Crippen molar-refractivity contribution in [3.8, 4) is 10.6 Å². The van der Waals surface area contributed by atoms with E-state index in [4.69, 9.17) is 15.2 Å². The van der Waals surface area contributed by atoms with Gasteiger partial charge in [-0.05, 0) is 29.5 Å². The molecule has 1 aliphatic heterocycles. The number of hydrogen-bond donors (Lipinski definition) is 1. The van der Waals surface area contributed by atoms with Crippen LogP contribution in [0.25, 0.3) is 21.7 Å². The average Bonchev–Trinajstić information content (AvgIpc) is 3.50. The van der Waals surface area contributed by atoms with Gasteiger partial charge < -0.3 is 15.2 Å². The van der Waals surface area contributed by atoms with E-state index in [0.29, 0.717) is 36.6 Å². The first kappa shape index (κ1) is 18.1. The molecule has 0 amide bonds. The van der Waals surface area contributed by atoms with Crippen molar-refractivity contribution >= 4 is 28.4 Å². The van der Waals surface area contributed by atoms with Crippen molar-refractivity contribution in [1.82, 2.24) is 29.9 Å². The zero-order chi connectivity index (χ0) is 19.6. The van der Waals surface area contributed by atoms with E-state index in [2.05, 4.69) is 25.3 Å². The molecule has 0 aromatic carbocycles. The first-order chi connectivity index (χ1) is 14.3. The number of rotatable bonds is 6. The normalized spacial score (nSPS) is 16.6. The highest BCUT2D eigenvalue weighted by atomic mass is 32.1. The summed E-state index contributed by atoms with van der Waals surface area (Å²) in [5, 5.41) is 10.5. The molecule has 9 nitrogen and oxygen atoms in total. The number of pyridine rings is 1. The predicted molar refractivity (Wildman–Crippen MR) is 108 cm³/mol. The summed E-state index contributed by atoms with van der Waals surface area (Å²) in [4.78, 5) is 14.2. The highest BCUT2D eigenvalue weighted by Crippen LogP contribution is 2.28. The molecule has 4 aromatic heterocycles. The molecule has 5 heterocycles. The molecule has 1 unspecified atom stereocenters. The van der Waals surface area contributed by atoms with E-state index in [9.17, 15) is 0 Å². The van der Waals surface area contributed by atoms with Crippen LogP contribution in [0.5, 0.6) is 0 Å². The van der Waals surface area contributed by atoms with E-state index >= 15 is 0 Å². The Kier molecular flexibility index (Phi) is 4.88. The van der Waals surface area contributed by atoms with Gasteiger partial charge in [0.15, 0.2) is 11.2 Å². The van der Waals surface area contributed by atoms with Crippen molar-refractivity contribution in [2.75, 3.05) is 18.9 Å². The van der Waals surface area contributed by atoms with E-state index in [-0.39, 0.29) is 12.1 Å². The maximum atomic E-state index is 5.93. The molecule has 0 radical (unpaired) electrons. The number of aromatic nitrogens is 6. The topological polar surface area (TPSA) is 114 Å². The van der Waals surface area contributed by atoms with Crippen LogP contribution in [-0.4, -0.2) is 49.3 Å². The van der Waals surface area contributed by atoms with Gasteiger partial charge in [0.1, 0.15) is 5.69 Å². The molecule has 29 heavy (non-hydrogen) atoms. The number of nitrogens with zero attached hydrogens (tertiary/aromatic N) is 6. The zero-order valence-electron chi connectivity index (χ0n) is 15.6. The molecule has 1 saturated heterocycles. The molecule has 1 atom stereocenters. The summed E-state index contributed by atoms with van der Waals surface area (Å²) in [5.41, 5.74) is 9.73. The average molecular weight is 409 g/mol. The number of nitrogens with two attached hydrogens (primary N) is 1. The van der Waals surface area contributed by atoms with Crippen molar-refractivity contribution in [2.45, 2.75) is 25.7 Å². The Hall–Kier alpha value is -2.95. The lowest BCUT2D eigenvalue weighted by Gasteiger charge is -2.10. The van der Waals surface area contributed by atoms with E-state index in [1.165, 1.54) is 0 Å². The van der Waals surface area contributed by atoms with Gasteiger partial charge in [-0.25, -0.2) is 9.67 Å². The molecule has 1 aliphatic rings. The maximum Gasteiger partial charge on any atom is 0.222 e. The van der Waals surface area contributed by atoms with Crippen molar-refractivity contribution in [1.29, 1.82) is 0 Å². The first-order valence-electron chi connectivity index (χ1n) is 9.30. The Morgan fingerprint density at radius 3 is 3.00 bits per heavy atom. The lowest BCUT2D eigenvalue weighted by atomic mass is 10.2. The van der Waals surface area contributed by atoms with Crippen LogP contribution >= 0.6 is 11.3 Å². The maximum absolute atomic E-state index is 5.93. The minimum Gasteiger partial charge on any atom is -0.379 e. The molecule has 5 rings (SSSR count). The molecule has 0 bridgehead atoms. The number of anilines is 1. The standard InChI is InChI=1S/C19H19N7O2S/c20-19-22-16(15-2-1-7-29-15)17-18(23-19)26(25-24-17)9-13-4-3-12(8-21-13)10-28-14-5-6-27-11-14/h1-4,7-8,14H,5-6,9-11H2,(H2,20,22,23). The van der Waals surface area contributed by atoms with E-state index in [1.54, 1.807) is 16.0 Å². The fourth-order valence-corrected chi connectivity index (χ4v) is 3.93. The summed E-state index contributed by atoms with van der Waals surface area (Å²) < 4.78 is 12.8. The highest BCUT2D eigenvalue weighted by molar-refractivity contribution is 7.13. The summed E-state index contributed by atoms with van der Waals surface area (Å²) >= 11 is 1.57. The van der Waals surface area contributed by atoms with Gasteiger partial charge >= 0.3 is 0 Å². The minimum atomic E-state index is 0.180. The van der Waals surface area contributed by atoms with Crippen LogP contribution in [0.3, 0.4) is 0 Å². The quantitative estimate of drug-likeness (QED) is 0.516. The number of hydrogen-bond acceptors (Lipinski definition) is 9. The smallest absolute Gasteiger partial charge is 0.222 e. The molecular formula is C19H19N7O2S. The van der Waals surface area contributed by atoms with Crippen molar-refractivity contribution in [3.63, 3.8) is 0 Å². The molecule has 10 heteroatoms. The van der Waals surface area contributed by atoms with Crippen LogP contribution in [0.4, 0.5) is 5.95 Å². The van der Waals surface area contributed by atoms with Crippen molar-refractivity contribution < 1.29 is 9.47 Å². The SMILES string of the molecule is Nc1nc(-c2cccs2)c2nnn(Cc3ccc(COC4CCOC4)cn3)c2n1. The van der Waals surface area contributed by atoms with Gasteiger partial charge in [0, 0.05) is 12.8 Å². The van der Waals surface area contributed by atoms with Crippen LogP contribution in [0.2, 0.25) is 0 Å². The van der Waals surface area contributed by atoms with Gasteiger partial charge in [-0.15, -0.1) is 16.4 Å². The Balaban J connectivity index is 1.35. The Bertz CT molecular complexity index is 1110. The summed E-state index contributed by atoms with van der Waals surface area (Å²) in [6.45, 7) is 2.41. The highest BCUT2D eigenvalue weighted by Gasteiger charge is 2.17. The van der Waals surface area contributed by atoms with Crippen LogP contribution in [0.15, 0.2) is 35.8 Å². The van der Waals surface area contributed by atoms with Crippen LogP contribution in [0.1, 0.15) is 17.7 Å². The number of ether oxygens (including phenoxy) is 2. The third-order valence-electron chi connectivity index (χ3n) is 4.71. The van der Waals surface area contributed by atoms with Gasteiger partial charge in [0.25, 0.3) is 0 Å². The lowest BCUT2D eigenvalue weighted by Crippen LogP contribution is -2.12. The second-order valence-electron chi connectivity index (χ2n) is 6.78. The molecule has 0 aliphatic carbocycles. The molecule has 4 aromatic rings. The summed E-state index contributed by atoms with van der Waals surface area (Å²) in [6.07, 6.45) is 2.95. The van der Waals surface area contributed by atoms with Gasteiger partial charge in [0.05, 0.1) is 36.4 Å². The van der Waals surface area contributed by atoms with Gasteiger partial charge in [0.2, 0.25) is 5.95 Å². The monoisotopic (exact) mass is 409 g/mol. The fourth-order valence-electron chi connectivity index (χ4n) is 3.21. The first-order valence-corrected chi connectivity index (χ1v) is 10.2.